The van der Waals surface area contributed by atoms with Gasteiger partial charge >= 0.3 is 5.97 Å². The van der Waals surface area contributed by atoms with Crippen LogP contribution in [0.2, 0.25) is 0 Å². The summed E-state index contributed by atoms with van der Waals surface area (Å²) in [5.74, 6) is 0.442. The maximum absolute atomic E-state index is 10.8. The van der Waals surface area contributed by atoms with Gasteiger partial charge < -0.3 is 5.11 Å². The average Bonchev–Trinajstić information content (AvgIpc) is 2.61. The second kappa shape index (κ2) is 1.99. The third-order valence-electron chi connectivity index (χ3n) is 3.66. The van der Waals surface area contributed by atoms with Crippen molar-refractivity contribution < 1.29 is 9.90 Å². The van der Waals surface area contributed by atoms with E-state index in [4.69, 9.17) is 5.11 Å². The standard InChI is InChI=1S/C9H14O2/c1-9(8(10)11)6-4-2-3-5-7(6)9/h6-7H,2-5H2,1H3,(H,10,11). The second-order valence-corrected chi connectivity index (χ2v) is 4.09. The van der Waals surface area contributed by atoms with E-state index in [1.807, 2.05) is 6.92 Å². The van der Waals surface area contributed by atoms with Crippen LogP contribution in [0.1, 0.15) is 32.6 Å². The van der Waals surface area contributed by atoms with Gasteiger partial charge in [-0.25, -0.2) is 0 Å². The zero-order chi connectivity index (χ0) is 8.06. The SMILES string of the molecule is CC1(C(=O)O)C2CCCCC21. The van der Waals surface area contributed by atoms with Gasteiger partial charge in [-0.3, -0.25) is 4.79 Å². The lowest BCUT2D eigenvalue weighted by Gasteiger charge is -2.04. The summed E-state index contributed by atoms with van der Waals surface area (Å²) in [5, 5.41) is 8.94. The molecule has 0 saturated heterocycles. The highest BCUT2D eigenvalue weighted by molar-refractivity contribution is 5.79. The molecule has 2 saturated carbocycles. The lowest BCUT2D eigenvalue weighted by Crippen LogP contribution is -2.14. The molecule has 0 amide bonds. The van der Waals surface area contributed by atoms with Crippen molar-refractivity contribution in [3.8, 4) is 0 Å². The first-order valence-electron chi connectivity index (χ1n) is 4.40. The van der Waals surface area contributed by atoms with Crippen LogP contribution in [-0.2, 0) is 4.79 Å². The molecule has 0 spiro atoms. The fraction of sp³-hybridized carbons (Fsp3) is 0.889. The molecular formula is C9H14O2. The van der Waals surface area contributed by atoms with E-state index in [1.54, 1.807) is 0 Å². The number of hydrogen-bond acceptors (Lipinski definition) is 1. The van der Waals surface area contributed by atoms with Crippen LogP contribution in [0.15, 0.2) is 0 Å². The van der Waals surface area contributed by atoms with Gasteiger partial charge in [0.2, 0.25) is 0 Å². The monoisotopic (exact) mass is 154 g/mol. The lowest BCUT2D eigenvalue weighted by atomic mass is 10.0. The Morgan fingerprint density at radius 1 is 1.36 bits per heavy atom. The predicted molar refractivity (Wildman–Crippen MR) is 41.2 cm³/mol. The highest BCUT2D eigenvalue weighted by Gasteiger charge is 2.66. The smallest absolute Gasteiger partial charge is 0.309 e. The number of carboxylic acid groups (broad SMARTS) is 1. The number of carboxylic acids is 1. The van der Waals surface area contributed by atoms with Gasteiger partial charge in [0, 0.05) is 0 Å². The molecule has 2 aliphatic rings. The Kier molecular flexibility index (Phi) is 1.29. The molecule has 2 heteroatoms. The Balaban J connectivity index is 2.14. The number of fused-ring (bicyclic) bond motifs is 1. The quantitative estimate of drug-likeness (QED) is 0.626. The summed E-state index contributed by atoms with van der Waals surface area (Å²) in [6.45, 7) is 1.91. The number of aliphatic carboxylic acids is 1. The van der Waals surface area contributed by atoms with E-state index in [2.05, 4.69) is 0 Å². The molecule has 1 N–H and O–H groups in total. The molecule has 0 aliphatic heterocycles. The van der Waals surface area contributed by atoms with Gasteiger partial charge in [-0.1, -0.05) is 12.8 Å². The average molecular weight is 154 g/mol. The van der Waals surface area contributed by atoms with Crippen LogP contribution in [0, 0.1) is 17.3 Å². The number of rotatable bonds is 1. The Bertz CT molecular complexity index is 186. The van der Waals surface area contributed by atoms with Crippen LogP contribution in [0.25, 0.3) is 0 Å². The highest BCUT2D eigenvalue weighted by atomic mass is 16.4. The van der Waals surface area contributed by atoms with Gasteiger partial charge in [0.1, 0.15) is 0 Å². The summed E-state index contributed by atoms with van der Waals surface area (Å²) in [7, 11) is 0. The zero-order valence-electron chi connectivity index (χ0n) is 6.84. The maximum Gasteiger partial charge on any atom is 0.309 e. The van der Waals surface area contributed by atoms with Gasteiger partial charge in [-0.15, -0.1) is 0 Å². The van der Waals surface area contributed by atoms with Crippen LogP contribution in [0.5, 0.6) is 0 Å². The molecule has 2 nitrogen and oxygen atoms in total. The molecule has 2 atom stereocenters. The van der Waals surface area contributed by atoms with Crippen molar-refractivity contribution in [2.75, 3.05) is 0 Å². The fourth-order valence-electron chi connectivity index (χ4n) is 2.75. The second-order valence-electron chi connectivity index (χ2n) is 4.09. The van der Waals surface area contributed by atoms with Gasteiger partial charge in [-0.2, -0.15) is 0 Å². The molecule has 0 heterocycles. The molecule has 0 aromatic carbocycles. The van der Waals surface area contributed by atoms with Crippen LogP contribution >= 0.6 is 0 Å². The zero-order valence-corrected chi connectivity index (χ0v) is 6.84. The maximum atomic E-state index is 10.8. The van der Waals surface area contributed by atoms with Crippen molar-refractivity contribution in [1.29, 1.82) is 0 Å². The van der Waals surface area contributed by atoms with Crippen molar-refractivity contribution in [3.05, 3.63) is 0 Å². The predicted octanol–water partition coefficient (Wildman–Crippen LogP) is 1.90. The van der Waals surface area contributed by atoms with Crippen LogP contribution in [0.4, 0.5) is 0 Å². The summed E-state index contributed by atoms with van der Waals surface area (Å²) in [6.07, 6.45) is 4.77. The normalized spacial score (nSPS) is 48.1. The Labute approximate surface area is 66.6 Å². The Morgan fingerprint density at radius 2 is 1.82 bits per heavy atom. The van der Waals surface area contributed by atoms with E-state index in [0.29, 0.717) is 11.8 Å². The minimum Gasteiger partial charge on any atom is -0.481 e. The van der Waals surface area contributed by atoms with Gasteiger partial charge in [0.05, 0.1) is 5.41 Å². The van der Waals surface area contributed by atoms with Crippen molar-refractivity contribution in [2.24, 2.45) is 17.3 Å². The summed E-state index contributed by atoms with van der Waals surface area (Å²) in [4.78, 5) is 10.8. The molecule has 2 unspecified atom stereocenters. The van der Waals surface area contributed by atoms with Crippen LogP contribution in [-0.4, -0.2) is 11.1 Å². The molecule has 2 fully saturated rings. The van der Waals surface area contributed by atoms with E-state index < -0.39 is 5.97 Å². The van der Waals surface area contributed by atoms with Crippen molar-refractivity contribution in [1.82, 2.24) is 0 Å². The molecule has 0 bridgehead atoms. The van der Waals surface area contributed by atoms with Gasteiger partial charge in [0.25, 0.3) is 0 Å². The summed E-state index contributed by atoms with van der Waals surface area (Å²) in [6, 6.07) is 0. The minimum absolute atomic E-state index is 0.337. The Hall–Kier alpha value is -0.530. The van der Waals surface area contributed by atoms with E-state index in [9.17, 15) is 4.79 Å². The molecule has 0 aromatic heterocycles. The number of hydrogen-bond donors (Lipinski definition) is 1. The van der Waals surface area contributed by atoms with Crippen molar-refractivity contribution in [3.63, 3.8) is 0 Å². The third kappa shape index (κ3) is 0.754. The topological polar surface area (TPSA) is 37.3 Å². The lowest BCUT2D eigenvalue weighted by molar-refractivity contribution is -0.143. The summed E-state index contributed by atoms with van der Waals surface area (Å²) >= 11 is 0. The fourth-order valence-corrected chi connectivity index (χ4v) is 2.75. The largest absolute Gasteiger partial charge is 0.481 e. The van der Waals surface area contributed by atoms with E-state index in [-0.39, 0.29) is 5.41 Å². The number of carbonyl (C=O) groups is 1. The van der Waals surface area contributed by atoms with Gasteiger partial charge in [0.15, 0.2) is 0 Å². The van der Waals surface area contributed by atoms with E-state index in [0.717, 1.165) is 12.8 Å². The van der Waals surface area contributed by atoms with E-state index >= 15 is 0 Å². The molecule has 62 valence electrons. The summed E-state index contributed by atoms with van der Waals surface area (Å²) in [5.41, 5.74) is -0.337. The first-order valence-corrected chi connectivity index (χ1v) is 4.40. The van der Waals surface area contributed by atoms with Crippen LogP contribution < -0.4 is 0 Å². The van der Waals surface area contributed by atoms with Crippen molar-refractivity contribution >= 4 is 5.97 Å². The first kappa shape index (κ1) is 7.14. The highest BCUT2D eigenvalue weighted by Crippen LogP contribution is 2.65. The molecule has 2 aliphatic carbocycles. The van der Waals surface area contributed by atoms with E-state index in [1.165, 1.54) is 12.8 Å². The molecule has 2 rings (SSSR count). The minimum atomic E-state index is -0.575. The molecular weight excluding hydrogens is 140 g/mol. The molecule has 11 heavy (non-hydrogen) atoms. The summed E-state index contributed by atoms with van der Waals surface area (Å²) < 4.78 is 0. The van der Waals surface area contributed by atoms with Gasteiger partial charge in [-0.05, 0) is 31.6 Å². The van der Waals surface area contributed by atoms with Crippen molar-refractivity contribution in [2.45, 2.75) is 32.6 Å². The first-order chi connectivity index (χ1) is 5.17. The Morgan fingerprint density at radius 3 is 2.18 bits per heavy atom. The van der Waals surface area contributed by atoms with Crippen LogP contribution in [0.3, 0.4) is 0 Å². The molecule has 0 aromatic rings. The third-order valence-corrected chi connectivity index (χ3v) is 3.66. The molecule has 0 radical (unpaired) electrons.